The molecule has 16 heteroatoms. The Balaban J connectivity index is 1.14. The van der Waals surface area contributed by atoms with E-state index in [9.17, 15) is 24.0 Å². The first-order valence-corrected chi connectivity index (χ1v) is 22.0. The minimum Gasteiger partial charge on any atom is -0.381 e. The van der Waals surface area contributed by atoms with Crippen molar-refractivity contribution in [2.75, 3.05) is 60.9 Å². The summed E-state index contributed by atoms with van der Waals surface area (Å²) in [6.07, 6.45) is 14.6. The Morgan fingerprint density at radius 1 is 1.06 bits per heavy atom. The van der Waals surface area contributed by atoms with Gasteiger partial charge in [0.2, 0.25) is 17.7 Å². The summed E-state index contributed by atoms with van der Waals surface area (Å²) in [7, 11) is -1.45. The molecule has 53 heavy (non-hydrogen) atoms. The van der Waals surface area contributed by atoms with Gasteiger partial charge in [-0.05, 0) is 88.8 Å². The SMILES string of the molecule is Cc1c(NC(=O)CC(=O)NCCCCCCC(=O)N[C@@H](C(=O)N2CCC[C@@H]2C=O)S(C)(C)C)cccc1Sc1ncc(N2CCC(C)(N)CC2)nc1N. The van der Waals surface area contributed by atoms with Crippen molar-refractivity contribution in [3.8, 4) is 0 Å². The number of aldehydes is 1. The maximum absolute atomic E-state index is 13.2. The largest absolute Gasteiger partial charge is 0.381 e. The maximum Gasteiger partial charge on any atom is 0.254 e. The summed E-state index contributed by atoms with van der Waals surface area (Å²) < 4.78 is 0. The van der Waals surface area contributed by atoms with Gasteiger partial charge in [0.15, 0.2) is 5.82 Å². The predicted molar refractivity (Wildman–Crippen MR) is 213 cm³/mol. The predicted octanol–water partition coefficient (Wildman–Crippen LogP) is 3.56. The number of nitrogens with two attached hydrogens (primary N) is 2. The van der Waals surface area contributed by atoms with E-state index in [1.165, 1.54) is 11.8 Å². The molecule has 2 aliphatic heterocycles. The Hall–Kier alpha value is -3.89. The third-order valence-electron chi connectivity index (χ3n) is 9.68. The summed E-state index contributed by atoms with van der Waals surface area (Å²) in [5.74, 6) is -0.0727. The van der Waals surface area contributed by atoms with E-state index in [2.05, 4.69) is 37.7 Å². The first-order valence-electron chi connectivity index (χ1n) is 18.3. The normalized spacial score (nSPS) is 17.9. The molecule has 1 aromatic heterocycles. The summed E-state index contributed by atoms with van der Waals surface area (Å²) in [6, 6.07) is 5.12. The minimum absolute atomic E-state index is 0.168. The van der Waals surface area contributed by atoms with E-state index in [0.29, 0.717) is 55.3 Å². The second-order valence-electron chi connectivity index (χ2n) is 15.1. The van der Waals surface area contributed by atoms with Crippen molar-refractivity contribution >= 4 is 69.0 Å². The monoisotopic (exact) mass is 771 g/mol. The van der Waals surface area contributed by atoms with E-state index in [4.69, 9.17) is 11.5 Å². The molecule has 14 nitrogen and oxygen atoms in total. The Morgan fingerprint density at radius 2 is 1.77 bits per heavy atom. The lowest BCUT2D eigenvalue weighted by molar-refractivity contribution is -0.136. The number of hydrogen-bond donors (Lipinski definition) is 5. The maximum atomic E-state index is 13.2. The van der Waals surface area contributed by atoms with E-state index < -0.39 is 27.4 Å². The van der Waals surface area contributed by atoms with Crippen molar-refractivity contribution in [2.24, 2.45) is 5.73 Å². The molecule has 0 radical (unpaired) electrons. The van der Waals surface area contributed by atoms with Crippen molar-refractivity contribution in [3.05, 3.63) is 30.0 Å². The summed E-state index contributed by atoms with van der Waals surface area (Å²) in [5, 5.41) is 8.54. The number of carbonyl (C=O) groups excluding carboxylic acids is 5. The number of anilines is 3. The lowest BCUT2D eigenvalue weighted by atomic mass is 9.91. The van der Waals surface area contributed by atoms with Crippen molar-refractivity contribution in [3.63, 3.8) is 0 Å². The number of amides is 4. The number of aromatic nitrogens is 2. The van der Waals surface area contributed by atoms with Crippen LogP contribution in [0.5, 0.6) is 0 Å². The molecule has 2 saturated heterocycles. The van der Waals surface area contributed by atoms with E-state index in [1.54, 1.807) is 17.2 Å². The highest BCUT2D eigenvalue weighted by Gasteiger charge is 2.37. The number of hydrogen-bond acceptors (Lipinski definition) is 11. The number of nitrogens with one attached hydrogen (secondary N) is 3. The van der Waals surface area contributed by atoms with Gasteiger partial charge in [0.05, 0.1) is 12.2 Å². The molecule has 2 aromatic rings. The van der Waals surface area contributed by atoms with E-state index in [0.717, 1.165) is 67.8 Å². The van der Waals surface area contributed by atoms with Crippen LogP contribution in [0.1, 0.15) is 76.7 Å². The van der Waals surface area contributed by atoms with Crippen molar-refractivity contribution in [1.29, 1.82) is 0 Å². The Bertz CT molecular complexity index is 1620. The number of carbonyl (C=O) groups is 5. The second-order valence-corrected chi connectivity index (χ2v) is 20.5. The van der Waals surface area contributed by atoms with Gasteiger partial charge in [0.25, 0.3) is 5.91 Å². The molecule has 3 heterocycles. The second kappa shape index (κ2) is 18.9. The zero-order chi connectivity index (χ0) is 38.8. The fourth-order valence-electron chi connectivity index (χ4n) is 6.34. The van der Waals surface area contributed by atoms with Crippen LogP contribution in [0.3, 0.4) is 0 Å². The fourth-order valence-corrected chi connectivity index (χ4v) is 8.44. The van der Waals surface area contributed by atoms with Gasteiger partial charge in [-0.25, -0.2) is 20.0 Å². The molecular weight excluding hydrogens is 715 g/mol. The number of unbranched alkanes of at least 4 members (excludes halogenated alkanes) is 3. The fraction of sp³-hybridized carbons (Fsp3) is 0.595. The van der Waals surface area contributed by atoms with Gasteiger partial charge in [-0.1, -0.05) is 30.7 Å². The summed E-state index contributed by atoms with van der Waals surface area (Å²) in [5.41, 5.74) is 13.8. The van der Waals surface area contributed by atoms with Crippen LogP contribution in [-0.4, -0.2) is 107 Å². The number of likely N-dealkylation sites (tertiary alicyclic amines) is 1. The van der Waals surface area contributed by atoms with E-state index >= 15 is 0 Å². The van der Waals surface area contributed by atoms with Crippen LogP contribution in [0.25, 0.3) is 0 Å². The molecule has 0 unspecified atom stereocenters. The topological polar surface area (TPSA) is 206 Å². The molecule has 2 aliphatic rings. The van der Waals surface area contributed by atoms with Gasteiger partial charge in [0, 0.05) is 48.7 Å². The van der Waals surface area contributed by atoms with Gasteiger partial charge in [-0.15, -0.1) is 0 Å². The summed E-state index contributed by atoms with van der Waals surface area (Å²) in [6.45, 7) is 6.51. The lowest BCUT2D eigenvalue weighted by Gasteiger charge is -2.38. The van der Waals surface area contributed by atoms with Crippen LogP contribution in [0.15, 0.2) is 34.3 Å². The molecule has 292 valence electrons. The highest BCUT2D eigenvalue weighted by atomic mass is 32.3. The molecule has 0 spiro atoms. The molecule has 2 fully saturated rings. The first kappa shape index (κ1) is 41.9. The van der Waals surface area contributed by atoms with Crippen LogP contribution >= 0.6 is 21.8 Å². The average molecular weight is 772 g/mol. The number of nitrogens with zero attached hydrogens (tertiary/aromatic N) is 4. The number of nitrogen functional groups attached to an aromatic ring is 1. The zero-order valence-corrected chi connectivity index (χ0v) is 33.4. The van der Waals surface area contributed by atoms with Crippen LogP contribution in [-0.2, 0) is 24.0 Å². The minimum atomic E-state index is -1.45. The molecular formula is C37H57N9O5S2. The van der Waals surface area contributed by atoms with E-state index in [-0.39, 0.29) is 29.7 Å². The van der Waals surface area contributed by atoms with Crippen molar-refractivity contribution in [2.45, 2.75) is 105 Å². The smallest absolute Gasteiger partial charge is 0.254 e. The van der Waals surface area contributed by atoms with Crippen LogP contribution in [0.2, 0.25) is 0 Å². The highest BCUT2D eigenvalue weighted by molar-refractivity contribution is 8.33. The van der Waals surface area contributed by atoms with Crippen LogP contribution in [0, 0.1) is 6.92 Å². The zero-order valence-electron chi connectivity index (χ0n) is 31.7. The standard InChI is InChI=1S/C37H57N9O5S2/c1-25-27(13-10-14-28(25)52-34-33(38)43-29(23-41-34)45-20-16-37(2,39)17-21-45)42-32(50)22-31(49)40-18-9-7-6-8-15-30(48)44-35(53(3,4)5)36(51)46-19-11-12-26(46)24-47/h10,13-14,23-24,26,35H,6-9,11-12,15-22,39H2,1-5H3,(H2,38,43)(H,40,49)(H,42,50)(H,44,48)/t26-,35-/m1/s1. The molecule has 4 amide bonds. The lowest BCUT2D eigenvalue weighted by Crippen LogP contribution is -2.52. The van der Waals surface area contributed by atoms with Crippen molar-refractivity contribution < 1.29 is 24.0 Å². The van der Waals surface area contributed by atoms with Crippen molar-refractivity contribution in [1.82, 2.24) is 25.5 Å². The summed E-state index contributed by atoms with van der Waals surface area (Å²) in [4.78, 5) is 76.4. The highest BCUT2D eigenvalue weighted by Crippen LogP contribution is 2.41. The van der Waals surface area contributed by atoms with Crippen LogP contribution in [0.4, 0.5) is 17.3 Å². The molecule has 0 aliphatic carbocycles. The third kappa shape index (κ3) is 12.3. The number of rotatable bonds is 17. The molecule has 7 N–H and O–H groups in total. The Labute approximate surface area is 319 Å². The molecule has 1 aromatic carbocycles. The Kier molecular flexibility index (Phi) is 14.9. The molecule has 2 atom stereocenters. The molecule has 0 bridgehead atoms. The third-order valence-corrected chi connectivity index (χ3v) is 12.6. The quantitative estimate of drug-likeness (QED) is 0.0894. The number of piperidine rings is 1. The van der Waals surface area contributed by atoms with Gasteiger partial charge in [0.1, 0.15) is 28.9 Å². The molecule has 4 rings (SSSR count). The molecule has 0 saturated carbocycles. The van der Waals surface area contributed by atoms with Gasteiger partial charge < -0.3 is 42.0 Å². The van der Waals surface area contributed by atoms with Gasteiger partial charge in [-0.3, -0.25) is 19.2 Å². The summed E-state index contributed by atoms with van der Waals surface area (Å²) >= 11 is 1.37. The van der Waals surface area contributed by atoms with E-state index in [1.807, 2.05) is 37.8 Å². The Morgan fingerprint density at radius 3 is 2.45 bits per heavy atom. The van der Waals surface area contributed by atoms with Crippen LogP contribution < -0.4 is 32.3 Å². The first-order chi connectivity index (χ1) is 25.1. The number of benzene rings is 1. The van der Waals surface area contributed by atoms with Gasteiger partial charge in [-0.2, -0.15) is 0 Å². The average Bonchev–Trinajstić information content (AvgIpc) is 3.58. The van der Waals surface area contributed by atoms with Gasteiger partial charge >= 0.3 is 0 Å².